The van der Waals surface area contributed by atoms with Crippen LogP contribution in [0.4, 0.5) is 5.69 Å². The Hall–Kier alpha value is -2.09. The van der Waals surface area contributed by atoms with Crippen molar-refractivity contribution in [3.63, 3.8) is 0 Å². The van der Waals surface area contributed by atoms with Gasteiger partial charge in [0.15, 0.2) is 0 Å². The fourth-order valence-corrected chi connectivity index (χ4v) is 2.92. The van der Waals surface area contributed by atoms with E-state index in [0.29, 0.717) is 5.92 Å². The molecule has 0 unspecified atom stereocenters. The van der Waals surface area contributed by atoms with E-state index in [2.05, 4.69) is 56.4 Å². The highest BCUT2D eigenvalue weighted by Gasteiger charge is 2.30. The first-order chi connectivity index (χ1) is 10.0. The van der Waals surface area contributed by atoms with Crippen LogP contribution in [0.3, 0.4) is 0 Å². The van der Waals surface area contributed by atoms with Crippen molar-refractivity contribution in [2.24, 2.45) is 0 Å². The third-order valence-electron chi connectivity index (χ3n) is 4.24. The maximum atomic E-state index is 12.2. The zero-order valence-electron chi connectivity index (χ0n) is 12.8. The number of nitrogens with one attached hydrogen (secondary N) is 1. The maximum absolute atomic E-state index is 12.2. The van der Waals surface area contributed by atoms with Gasteiger partial charge in [-0.3, -0.25) is 4.79 Å². The molecular weight excluding hydrogens is 258 g/mol. The first-order valence-corrected chi connectivity index (χ1v) is 7.55. The van der Waals surface area contributed by atoms with Crippen molar-refractivity contribution in [3.05, 3.63) is 64.7 Å². The van der Waals surface area contributed by atoms with Gasteiger partial charge in [-0.05, 0) is 42.0 Å². The predicted molar refractivity (Wildman–Crippen MR) is 86.8 cm³/mol. The molecule has 0 saturated heterocycles. The summed E-state index contributed by atoms with van der Waals surface area (Å²) < 4.78 is 0. The summed E-state index contributed by atoms with van der Waals surface area (Å²) in [5, 5.41) is 2.99. The number of hydrogen-bond donors (Lipinski definition) is 1. The van der Waals surface area contributed by atoms with Gasteiger partial charge in [-0.1, -0.05) is 55.8 Å². The summed E-state index contributed by atoms with van der Waals surface area (Å²) >= 11 is 0. The van der Waals surface area contributed by atoms with Crippen molar-refractivity contribution >= 4 is 11.6 Å². The first-order valence-electron chi connectivity index (χ1n) is 7.55. The van der Waals surface area contributed by atoms with Crippen LogP contribution in [0.2, 0.25) is 0 Å². The highest BCUT2D eigenvalue weighted by atomic mass is 16.2. The van der Waals surface area contributed by atoms with Crippen LogP contribution >= 0.6 is 0 Å². The lowest BCUT2D eigenvalue weighted by molar-refractivity contribution is -0.117. The van der Waals surface area contributed by atoms with Crippen molar-refractivity contribution in [2.45, 2.75) is 39.0 Å². The molecule has 2 heteroatoms. The van der Waals surface area contributed by atoms with Gasteiger partial charge in [0.05, 0.1) is 5.92 Å². The van der Waals surface area contributed by atoms with Crippen molar-refractivity contribution in [1.29, 1.82) is 0 Å². The summed E-state index contributed by atoms with van der Waals surface area (Å²) in [5.74, 6) is 0.588. The van der Waals surface area contributed by atoms with Crippen LogP contribution < -0.4 is 5.32 Å². The molecule has 1 aliphatic rings. The molecule has 1 aliphatic heterocycles. The summed E-state index contributed by atoms with van der Waals surface area (Å²) in [4.78, 5) is 12.2. The van der Waals surface area contributed by atoms with Crippen molar-refractivity contribution < 1.29 is 4.79 Å². The van der Waals surface area contributed by atoms with Crippen LogP contribution in [0, 0.1) is 6.92 Å². The van der Waals surface area contributed by atoms with E-state index in [1.807, 2.05) is 12.1 Å². The van der Waals surface area contributed by atoms with Crippen LogP contribution in [-0.2, 0) is 11.2 Å². The molecule has 108 valence electrons. The summed E-state index contributed by atoms with van der Waals surface area (Å²) in [7, 11) is 0. The van der Waals surface area contributed by atoms with Gasteiger partial charge < -0.3 is 5.32 Å². The Labute approximate surface area is 126 Å². The lowest BCUT2D eigenvalue weighted by Crippen LogP contribution is -2.14. The second-order valence-electron chi connectivity index (χ2n) is 6.23. The van der Waals surface area contributed by atoms with E-state index in [9.17, 15) is 4.79 Å². The lowest BCUT2D eigenvalue weighted by atomic mass is 9.91. The van der Waals surface area contributed by atoms with Crippen LogP contribution in [0.5, 0.6) is 0 Å². The smallest absolute Gasteiger partial charge is 0.232 e. The number of carbonyl (C=O) groups excluding carboxylic acids is 1. The van der Waals surface area contributed by atoms with Crippen LogP contribution in [0.1, 0.15) is 47.9 Å². The molecule has 0 radical (unpaired) electrons. The predicted octanol–water partition coefficient (Wildman–Crippen LogP) is 4.40. The molecule has 0 bridgehead atoms. The number of hydrogen-bond acceptors (Lipinski definition) is 1. The van der Waals surface area contributed by atoms with Gasteiger partial charge in [-0.2, -0.15) is 0 Å². The highest BCUT2D eigenvalue weighted by molar-refractivity contribution is 6.03. The Morgan fingerprint density at radius 1 is 1.10 bits per heavy atom. The summed E-state index contributed by atoms with van der Waals surface area (Å²) in [5.41, 5.74) is 5.85. The van der Waals surface area contributed by atoms with Gasteiger partial charge >= 0.3 is 0 Å². The maximum Gasteiger partial charge on any atom is 0.232 e. The SMILES string of the molecule is Cc1ccc2c(c1)[C@@H](Cc1ccc(C(C)C)cc1)C(=O)N2. The molecule has 1 amide bonds. The lowest BCUT2D eigenvalue weighted by Gasteiger charge is -2.11. The van der Waals surface area contributed by atoms with Crippen molar-refractivity contribution in [1.82, 2.24) is 0 Å². The zero-order valence-corrected chi connectivity index (χ0v) is 12.8. The third-order valence-corrected chi connectivity index (χ3v) is 4.24. The summed E-state index contributed by atoms with van der Waals surface area (Å²) in [6.07, 6.45) is 0.765. The summed E-state index contributed by atoms with van der Waals surface area (Å²) in [6, 6.07) is 14.8. The topological polar surface area (TPSA) is 29.1 Å². The normalized spacial score (nSPS) is 17.0. The van der Waals surface area contributed by atoms with E-state index in [1.54, 1.807) is 0 Å². The second-order valence-corrected chi connectivity index (χ2v) is 6.23. The van der Waals surface area contributed by atoms with E-state index >= 15 is 0 Å². The molecule has 0 fully saturated rings. The number of aryl methyl sites for hydroxylation is 1. The molecule has 0 aromatic heterocycles. The van der Waals surface area contributed by atoms with Gasteiger partial charge in [-0.15, -0.1) is 0 Å². The van der Waals surface area contributed by atoms with E-state index in [4.69, 9.17) is 0 Å². The van der Waals surface area contributed by atoms with Crippen molar-refractivity contribution in [3.8, 4) is 0 Å². The molecule has 21 heavy (non-hydrogen) atoms. The number of rotatable bonds is 3. The summed E-state index contributed by atoms with van der Waals surface area (Å²) in [6.45, 7) is 6.45. The third kappa shape index (κ3) is 2.71. The number of benzene rings is 2. The van der Waals surface area contributed by atoms with Gasteiger partial charge in [0, 0.05) is 5.69 Å². The molecule has 2 nitrogen and oxygen atoms in total. The van der Waals surface area contributed by atoms with Crippen molar-refractivity contribution in [2.75, 3.05) is 5.32 Å². The number of anilines is 1. The van der Waals surface area contributed by atoms with E-state index in [-0.39, 0.29) is 11.8 Å². The molecule has 3 rings (SSSR count). The Morgan fingerprint density at radius 3 is 2.48 bits per heavy atom. The van der Waals surface area contributed by atoms with Gasteiger partial charge in [0.2, 0.25) is 5.91 Å². The van der Waals surface area contributed by atoms with E-state index in [0.717, 1.165) is 17.7 Å². The van der Waals surface area contributed by atoms with Crippen LogP contribution in [0.15, 0.2) is 42.5 Å². The number of carbonyl (C=O) groups is 1. The second kappa shape index (κ2) is 5.36. The minimum absolute atomic E-state index is 0.0650. The molecule has 1 atom stereocenters. The van der Waals surface area contributed by atoms with E-state index in [1.165, 1.54) is 16.7 Å². The van der Waals surface area contributed by atoms with Crippen LogP contribution in [-0.4, -0.2) is 5.91 Å². The molecule has 0 aliphatic carbocycles. The Morgan fingerprint density at radius 2 is 1.81 bits per heavy atom. The quantitative estimate of drug-likeness (QED) is 0.886. The number of amides is 1. The van der Waals surface area contributed by atoms with Crippen LogP contribution in [0.25, 0.3) is 0 Å². The average Bonchev–Trinajstić information content (AvgIpc) is 2.76. The van der Waals surface area contributed by atoms with Gasteiger partial charge in [-0.25, -0.2) is 0 Å². The highest BCUT2D eigenvalue weighted by Crippen LogP contribution is 2.35. The molecule has 0 spiro atoms. The largest absolute Gasteiger partial charge is 0.325 e. The Kier molecular flexibility index (Phi) is 3.54. The fraction of sp³-hybridized carbons (Fsp3) is 0.316. The van der Waals surface area contributed by atoms with Gasteiger partial charge in [0.25, 0.3) is 0 Å². The Balaban J connectivity index is 1.85. The standard InChI is InChI=1S/C19H21NO/c1-12(2)15-7-5-14(6-8-15)11-17-16-10-13(3)4-9-18(16)20-19(17)21/h4-10,12,17H,11H2,1-3H3,(H,20,21)/t17-/m1/s1. The number of fused-ring (bicyclic) bond motifs is 1. The monoisotopic (exact) mass is 279 g/mol. The molecule has 0 saturated carbocycles. The minimum atomic E-state index is -0.0650. The first kappa shape index (κ1) is 13.9. The van der Waals surface area contributed by atoms with Gasteiger partial charge in [0.1, 0.15) is 0 Å². The minimum Gasteiger partial charge on any atom is -0.325 e. The average molecular weight is 279 g/mol. The van der Waals surface area contributed by atoms with E-state index < -0.39 is 0 Å². The fourth-order valence-electron chi connectivity index (χ4n) is 2.92. The molecule has 1 N–H and O–H groups in total. The zero-order chi connectivity index (χ0) is 15.0. The molecule has 2 aromatic carbocycles. The Bertz CT molecular complexity index is 670. The molecular formula is C19H21NO. The molecule has 1 heterocycles. The molecule has 2 aromatic rings.